The van der Waals surface area contributed by atoms with Crippen molar-refractivity contribution in [3.8, 4) is 0 Å². The second kappa shape index (κ2) is 4.15. The van der Waals surface area contributed by atoms with Crippen molar-refractivity contribution < 1.29 is 5.11 Å². The van der Waals surface area contributed by atoms with Crippen molar-refractivity contribution in [2.45, 2.75) is 58.5 Å². The second-order valence-corrected chi connectivity index (χ2v) is 6.90. The van der Waals surface area contributed by atoms with E-state index >= 15 is 0 Å². The van der Waals surface area contributed by atoms with Gasteiger partial charge in [-0.05, 0) is 61.5 Å². The minimum atomic E-state index is -0.550. The van der Waals surface area contributed by atoms with E-state index in [2.05, 4.69) is 32.2 Å². The summed E-state index contributed by atoms with van der Waals surface area (Å²) in [5.74, 6) is 0. The van der Waals surface area contributed by atoms with E-state index in [0.717, 1.165) is 25.7 Å². The number of rotatable bonds is 1. The minimum absolute atomic E-state index is 0.398. The molecule has 1 heterocycles. The molecule has 0 aromatic carbocycles. The Morgan fingerprint density at radius 1 is 1.19 bits per heavy atom. The molecule has 90 valence electrons. The summed E-state index contributed by atoms with van der Waals surface area (Å²) in [7, 11) is 0. The zero-order valence-corrected chi connectivity index (χ0v) is 11.4. The fourth-order valence-electron chi connectivity index (χ4n) is 2.73. The lowest BCUT2D eigenvalue weighted by atomic mass is 9.84. The van der Waals surface area contributed by atoms with Crippen LogP contribution in [0, 0.1) is 12.3 Å². The van der Waals surface area contributed by atoms with Crippen LogP contribution in [0.3, 0.4) is 0 Å². The summed E-state index contributed by atoms with van der Waals surface area (Å²) >= 11 is 1.71. The molecule has 1 aliphatic carbocycles. The van der Waals surface area contributed by atoms with Gasteiger partial charge in [-0.15, -0.1) is 11.3 Å². The molecule has 1 unspecified atom stereocenters. The first-order chi connectivity index (χ1) is 7.43. The van der Waals surface area contributed by atoms with E-state index in [1.165, 1.54) is 16.9 Å². The Balaban J connectivity index is 2.23. The molecule has 1 aliphatic rings. The maximum Gasteiger partial charge on any atom is 0.0990 e. The SMILES string of the molecule is Cc1ccsc1C1(O)CCCC(C)(C)CC1. The van der Waals surface area contributed by atoms with Crippen LogP contribution in [0.5, 0.6) is 0 Å². The lowest BCUT2D eigenvalue weighted by Gasteiger charge is -2.27. The molecule has 1 aromatic rings. The third kappa shape index (κ3) is 2.33. The first kappa shape index (κ1) is 12.1. The lowest BCUT2D eigenvalue weighted by molar-refractivity contribution is 0.0211. The molecule has 0 saturated heterocycles. The number of hydrogen-bond acceptors (Lipinski definition) is 2. The van der Waals surface area contributed by atoms with Crippen LogP contribution in [0.15, 0.2) is 11.4 Å². The van der Waals surface area contributed by atoms with Gasteiger partial charge >= 0.3 is 0 Å². The number of aryl methyl sites for hydroxylation is 1. The first-order valence-corrected chi connectivity index (χ1v) is 7.08. The number of hydrogen-bond donors (Lipinski definition) is 1. The number of aliphatic hydroxyl groups is 1. The molecular formula is C14H22OS. The van der Waals surface area contributed by atoms with Crippen molar-refractivity contribution in [2.24, 2.45) is 5.41 Å². The van der Waals surface area contributed by atoms with Crippen LogP contribution in [-0.4, -0.2) is 5.11 Å². The largest absolute Gasteiger partial charge is 0.384 e. The Bertz CT molecular complexity index is 367. The Morgan fingerprint density at radius 3 is 2.56 bits per heavy atom. The van der Waals surface area contributed by atoms with Gasteiger partial charge in [-0.25, -0.2) is 0 Å². The van der Waals surface area contributed by atoms with Gasteiger partial charge in [0.1, 0.15) is 0 Å². The molecule has 2 heteroatoms. The highest BCUT2D eigenvalue weighted by Gasteiger charge is 2.36. The Kier molecular flexibility index (Phi) is 3.15. The fourth-order valence-corrected chi connectivity index (χ4v) is 3.82. The van der Waals surface area contributed by atoms with Crippen LogP contribution in [0.1, 0.15) is 56.4 Å². The molecule has 2 rings (SSSR count). The van der Waals surface area contributed by atoms with Gasteiger partial charge in [-0.1, -0.05) is 13.8 Å². The van der Waals surface area contributed by atoms with E-state index in [4.69, 9.17) is 0 Å². The summed E-state index contributed by atoms with van der Waals surface area (Å²) < 4.78 is 0. The molecule has 0 amide bonds. The van der Waals surface area contributed by atoms with E-state index < -0.39 is 5.60 Å². The second-order valence-electron chi connectivity index (χ2n) is 5.98. The van der Waals surface area contributed by atoms with Crippen molar-refractivity contribution in [2.75, 3.05) is 0 Å². The highest BCUT2D eigenvalue weighted by atomic mass is 32.1. The average Bonchev–Trinajstić information content (AvgIpc) is 2.56. The maximum atomic E-state index is 10.8. The van der Waals surface area contributed by atoms with Crippen LogP contribution in [0.25, 0.3) is 0 Å². The summed E-state index contributed by atoms with van der Waals surface area (Å²) in [6.45, 7) is 6.75. The summed E-state index contributed by atoms with van der Waals surface area (Å²) in [5.41, 5.74) is 1.11. The van der Waals surface area contributed by atoms with Gasteiger partial charge in [0, 0.05) is 4.88 Å². The third-order valence-electron chi connectivity index (χ3n) is 3.94. The van der Waals surface area contributed by atoms with Crippen molar-refractivity contribution >= 4 is 11.3 Å². The molecule has 0 spiro atoms. The molecule has 1 N–H and O–H groups in total. The smallest absolute Gasteiger partial charge is 0.0990 e. The molecule has 0 bridgehead atoms. The van der Waals surface area contributed by atoms with E-state index in [9.17, 15) is 5.11 Å². The predicted molar refractivity (Wildman–Crippen MR) is 69.8 cm³/mol. The van der Waals surface area contributed by atoms with Crippen molar-refractivity contribution in [1.82, 2.24) is 0 Å². The average molecular weight is 238 g/mol. The highest BCUT2D eigenvalue weighted by Crippen LogP contribution is 2.44. The van der Waals surface area contributed by atoms with Gasteiger partial charge in [-0.2, -0.15) is 0 Å². The number of thiophene rings is 1. The first-order valence-electron chi connectivity index (χ1n) is 6.20. The van der Waals surface area contributed by atoms with Gasteiger partial charge in [0.25, 0.3) is 0 Å². The van der Waals surface area contributed by atoms with Crippen LogP contribution in [0.4, 0.5) is 0 Å². The van der Waals surface area contributed by atoms with Crippen LogP contribution < -0.4 is 0 Å². The van der Waals surface area contributed by atoms with E-state index in [1.807, 2.05) is 0 Å². The molecule has 16 heavy (non-hydrogen) atoms. The molecular weight excluding hydrogens is 216 g/mol. The molecule has 1 aromatic heterocycles. The lowest BCUT2D eigenvalue weighted by Crippen LogP contribution is -2.24. The van der Waals surface area contributed by atoms with Gasteiger partial charge in [0.05, 0.1) is 5.60 Å². The Morgan fingerprint density at radius 2 is 1.94 bits per heavy atom. The fraction of sp³-hybridized carbons (Fsp3) is 0.714. The quantitative estimate of drug-likeness (QED) is 0.726. The van der Waals surface area contributed by atoms with E-state index in [1.54, 1.807) is 11.3 Å². The normalized spacial score (nSPS) is 30.0. The van der Waals surface area contributed by atoms with Crippen molar-refractivity contribution in [1.29, 1.82) is 0 Å². The summed E-state index contributed by atoms with van der Waals surface area (Å²) in [6, 6.07) is 2.12. The summed E-state index contributed by atoms with van der Waals surface area (Å²) in [5, 5.41) is 12.9. The monoisotopic (exact) mass is 238 g/mol. The van der Waals surface area contributed by atoms with Gasteiger partial charge < -0.3 is 5.11 Å². The summed E-state index contributed by atoms with van der Waals surface area (Å²) in [4.78, 5) is 1.20. The molecule has 0 radical (unpaired) electrons. The van der Waals surface area contributed by atoms with Gasteiger partial charge in [0.2, 0.25) is 0 Å². The third-order valence-corrected chi connectivity index (χ3v) is 5.15. The van der Waals surface area contributed by atoms with Crippen LogP contribution >= 0.6 is 11.3 Å². The summed E-state index contributed by atoms with van der Waals surface area (Å²) in [6.07, 6.45) is 5.35. The predicted octanol–water partition coefficient (Wildman–Crippen LogP) is 4.23. The standard InChI is InChI=1S/C14H22OS/c1-11-5-10-16-12(11)14(15)7-4-6-13(2,3)8-9-14/h5,10,15H,4,6-9H2,1-3H3. The van der Waals surface area contributed by atoms with Crippen LogP contribution in [-0.2, 0) is 5.60 Å². The molecule has 1 fully saturated rings. The highest BCUT2D eigenvalue weighted by molar-refractivity contribution is 7.10. The van der Waals surface area contributed by atoms with Crippen molar-refractivity contribution in [3.05, 3.63) is 21.9 Å². The van der Waals surface area contributed by atoms with Crippen LogP contribution in [0.2, 0.25) is 0 Å². The van der Waals surface area contributed by atoms with Crippen molar-refractivity contribution in [3.63, 3.8) is 0 Å². The molecule has 1 nitrogen and oxygen atoms in total. The zero-order chi connectivity index (χ0) is 11.8. The van der Waals surface area contributed by atoms with E-state index in [0.29, 0.717) is 5.41 Å². The zero-order valence-electron chi connectivity index (χ0n) is 10.5. The molecule has 1 atom stereocenters. The van der Waals surface area contributed by atoms with Gasteiger partial charge in [0.15, 0.2) is 0 Å². The maximum absolute atomic E-state index is 10.8. The van der Waals surface area contributed by atoms with Gasteiger partial charge in [-0.3, -0.25) is 0 Å². The topological polar surface area (TPSA) is 20.2 Å². The Labute approximate surface area is 103 Å². The molecule has 0 aliphatic heterocycles. The minimum Gasteiger partial charge on any atom is -0.384 e. The molecule has 1 saturated carbocycles. The van der Waals surface area contributed by atoms with E-state index in [-0.39, 0.29) is 0 Å². The Hall–Kier alpha value is -0.340.